The molecule has 0 amide bonds. The van der Waals surface area contributed by atoms with Gasteiger partial charge in [-0.2, -0.15) is 11.3 Å². The van der Waals surface area contributed by atoms with Crippen molar-refractivity contribution in [3.8, 4) is 0 Å². The number of hydrogen-bond acceptors (Lipinski definition) is 3. The number of nitrogens with one attached hydrogen (secondary N) is 1. The highest BCUT2D eigenvalue weighted by atomic mass is 32.1. The molecule has 2 atom stereocenters. The average molecular weight is 278 g/mol. The van der Waals surface area contributed by atoms with Crippen molar-refractivity contribution in [2.45, 2.75) is 63.6 Å². The summed E-state index contributed by atoms with van der Waals surface area (Å²) < 4.78 is 0. The van der Waals surface area contributed by atoms with Gasteiger partial charge in [0.25, 0.3) is 0 Å². The largest absolute Gasteiger partial charge is 0.308 e. The van der Waals surface area contributed by atoms with Crippen LogP contribution in [0, 0.1) is 0 Å². The van der Waals surface area contributed by atoms with E-state index in [-0.39, 0.29) is 0 Å². The van der Waals surface area contributed by atoms with Crippen LogP contribution in [-0.4, -0.2) is 29.6 Å². The third-order valence-electron chi connectivity index (χ3n) is 5.22. The monoisotopic (exact) mass is 278 g/mol. The molecule has 1 saturated carbocycles. The van der Waals surface area contributed by atoms with E-state index in [4.69, 9.17) is 0 Å². The van der Waals surface area contributed by atoms with E-state index < -0.39 is 0 Å². The van der Waals surface area contributed by atoms with E-state index in [0.717, 1.165) is 0 Å². The first-order chi connectivity index (χ1) is 9.24. The SMILES string of the molecule is CCC1CNC2(CCCC2)CN1C(C)c1ccsc1. The van der Waals surface area contributed by atoms with Crippen LogP contribution in [0.5, 0.6) is 0 Å². The predicted molar refractivity (Wildman–Crippen MR) is 82.7 cm³/mol. The first-order valence-corrected chi connectivity index (χ1v) is 8.71. The molecule has 1 spiro atoms. The van der Waals surface area contributed by atoms with Crippen molar-refractivity contribution in [2.24, 2.45) is 0 Å². The number of rotatable bonds is 3. The first kappa shape index (κ1) is 13.6. The lowest BCUT2D eigenvalue weighted by Crippen LogP contribution is -2.63. The van der Waals surface area contributed by atoms with Crippen LogP contribution in [0.2, 0.25) is 0 Å². The number of thiophene rings is 1. The lowest BCUT2D eigenvalue weighted by molar-refractivity contribution is 0.0464. The normalized spacial score (nSPS) is 28.8. The third kappa shape index (κ3) is 2.61. The fourth-order valence-corrected chi connectivity index (χ4v) is 4.66. The Balaban J connectivity index is 1.79. The second-order valence-electron chi connectivity index (χ2n) is 6.34. The molecule has 1 saturated heterocycles. The van der Waals surface area contributed by atoms with Crippen molar-refractivity contribution in [3.05, 3.63) is 22.4 Å². The van der Waals surface area contributed by atoms with Crippen LogP contribution in [0.25, 0.3) is 0 Å². The Morgan fingerprint density at radius 1 is 1.47 bits per heavy atom. The maximum Gasteiger partial charge on any atom is 0.0332 e. The maximum absolute atomic E-state index is 3.89. The zero-order valence-corrected chi connectivity index (χ0v) is 13.0. The van der Waals surface area contributed by atoms with Gasteiger partial charge in [-0.15, -0.1) is 0 Å². The molecule has 2 fully saturated rings. The van der Waals surface area contributed by atoms with Gasteiger partial charge in [-0.25, -0.2) is 0 Å². The lowest BCUT2D eigenvalue weighted by atomic mass is 9.90. The van der Waals surface area contributed by atoms with Crippen LogP contribution >= 0.6 is 11.3 Å². The van der Waals surface area contributed by atoms with Gasteiger partial charge in [0.05, 0.1) is 0 Å². The van der Waals surface area contributed by atoms with Crippen molar-refractivity contribution < 1.29 is 0 Å². The summed E-state index contributed by atoms with van der Waals surface area (Å²) in [5.74, 6) is 0. The summed E-state index contributed by atoms with van der Waals surface area (Å²) in [7, 11) is 0. The quantitative estimate of drug-likeness (QED) is 0.904. The van der Waals surface area contributed by atoms with Crippen LogP contribution < -0.4 is 5.32 Å². The topological polar surface area (TPSA) is 15.3 Å². The molecule has 2 unspecified atom stereocenters. The molecule has 0 bridgehead atoms. The zero-order chi connectivity index (χ0) is 13.3. The van der Waals surface area contributed by atoms with Crippen molar-refractivity contribution in [1.29, 1.82) is 0 Å². The predicted octanol–water partition coefficient (Wildman–Crippen LogP) is 3.81. The van der Waals surface area contributed by atoms with E-state index in [1.807, 2.05) is 11.3 Å². The highest BCUT2D eigenvalue weighted by molar-refractivity contribution is 7.07. The Hall–Kier alpha value is -0.380. The van der Waals surface area contributed by atoms with Gasteiger partial charge in [0.2, 0.25) is 0 Å². The summed E-state index contributed by atoms with van der Waals surface area (Å²) in [4.78, 5) is 2.77. The second-order valence-corrected chi connectivity index (χ2v) is 7.12. The van der Waals surface area contributed by atoms with Crippen molar-refractivity contribution >= 4 is 11.3 Å². The van der Waals surface area contributed by atoms with Crippen molar-refractivity contribution in [2.75, 3.05) is 13.1 Å². The summed E-state index contributed by atoms with van der Waals surface area (Å²) in [6.07, 6.45) is 6.80. The molecule has 106 valence electrons. The summed E-state index contributed by atoms with van der Waals surface area (Å²) >= 11 is 1.82. The molecular weight excluding hydrogens is 252 g/mol. The Labute approximate surface area is 121 Å². The standard InChI is InChI=1S/C16H26N2S/c1-3-15-10-17-16(7-4-5-8-16)12-18(15)13(2)14-6-9-19-11-14/h6,9,11,13,15,17H,3-5,7-8,10,12H2,1-2H3. The summed E-state index contributed by atoms with van der Waals surface area (Å²) in [6.45, 7) is 7.12. The van der Waals surface area contributed by atoms with Gasteiger partial charge < -0.3 is 5.32 Å². The maximum atomic E-state index is 3.89. The number of piperazine rings is 1. The Bertz CT molecular complexity index is 395. The van der Waals surface area contributed by atoms with Crippen LogP contribution in [-0.2, 0) is 0 Å². The molecule has 0 aromatic carbocycles. The van der Waals surface area contributed by atoms with E-state index in [1.165, 1.54) is 50.8 Å². The smallest absolute Gasteiger partial charge is 0.0332 e. The Kier molecular flexibility index (Phi) is 3.97. The minimum Gasteiger partial charge on any atom is -0.308 e. The molecule has 1 aromatic heterocycles. The molecule has 1 aromatic rings. The van der Waals surface area contributed by atoms with E-state index in [0.29, 0.717) is 17.6 Å². The van der Waals surface area contributed by atoms with Crippen LogP contribution in [0.1, 0.15) is 57.6 Å². The third-order valence-corrected chi connectivity index (χ3v) is 5.92. The Morgan fingerprint density at radius 3 is 2.89 bits per heavy atom. The van der Waals surface area contributed by atoms with Crippen molar-refractivity contribution in [1.82, 2.24) is 10.2 Å². The molecule has 1 N–H and O–H groups in total. The summed E-state index contributed by atoms with van der Waals surface area (Å²) in [6, 6.07) is 3.56. The summed E-state index contributed by atoms with van der Waals surface area (Å²) in [5.41, 5.74) is 1.93. The molecule has 1 aliphatic carbocycles. The molecule has 19 heavy (non-hydrogen) atoms. The van der Waals surface area contributed by atoms with E-state index in [2.05, 4.69) is 40.9 Å². The van der Waals surface area contributed by atoms with Gasteiger partial charge in [0, 0.05) is 30.7 Å². The molecule has 2 aliphatic rings. The molecule has 2 nitrogen and oxygen atoms in total. The first-order valence-electron chi connectivity index (χ1n) is 7.77. The molecular formula is C16H26N2S. The molecule has 1 aliphatic heterocycles. The van der Waals surface area contributed by atoms with Gasteiger partial charge in [0.15, 0.2) is 0 Å². The summed E-state index contributed by atoms with van der Waals surface area (Å²) in [5, 5.41) is 8.42. The minimum absolute atomic E-state index is 0.427. The van der Waals surface area contributed by atoms with Crippen LogP contribution in [0.4, 0.5) is 0 Å². The van der Waals surface area contributed by atoms with Gasteiger partial charge in [0.1, 0.15) is 0 Å². The molecule has 2 heterocycles. The van der Waals surface area contributed by atoms with Crippen molar-refractivity contribution in [3.63, 3.8) is 0 Å². The fraction of sp³-hybridized carbons (Fsp3) is 0.750. The van der Waals surface area contributed by atoms with Gasteiger partial charge in [-0.1, -0.05) is 19.8 Å². The van der Waals surface area contributed by atoms with E-state index in [1.54, 1.807) is 0 Å². The Morgan fingerprint density at radius 2 is 2.26 bits per heavy atom. The van der Waals surface area contributed by atoms with E-state index in [9.17, 15) is 0 Å². The molecule has 0 radical (unpaired) electrons. The fourth-order valence-electron chi connectivity index (χ4n) is 3.91. The number of hydrogen-bond donors (Lipinski definition) is 1. The second kappa shape index (κ2) is 5.55. The van der Waals surface area contributed by atoms with E-state index >= 15 is 0 Å². The van der Waals surface area contributed by atoms with Gasteiger partial charge >= 0.3 is 0 Å². The number of nitrogens with zero attached hydrogens (tertiary/aromatic N) is 1. The van der Waals surface area contributed by atoms with Crippen LogP contribution in [0.3, 0.4) is 0 Å². The van der Waals surface area contributed by atoms with Gasteiger partial charge in [-0.05, 0) is 48.6 Å². The molecule has 3 rings (SSSR count). The average Bonchev–Trinajstić information content (AvgIpc) is 3.10. The molecule has 3 heteroatoms. The highest BCUT2D eigenvalue weighted by Crippen LogP contribution is 2.37. The lowest BCUT2D eigenvalue weighted by Gasteiger charge is -2.48. The minimum atomic E-state index is 0.427. The van der Waals surface area contributed by atoms with Gasteiger partial charge in [-0.3, -0.25) is 4.90 Å². The zero-order valence-electron chi connectivity index (χ0n) is 12.2. The highest BCUT2D eigenvalue weighted by Gasteiger charge is 2.42. The van der Waals surface area contributed by atoms with Crippen LogP contribution in [0.15, 0.2) is 16.8 Å².